The number of aliphatic carboxylic acids is 1. The number of hydrogen-bond donors (Lipinski definition) is 1. The van der Waals surface area contributed by atoms with Crippen LogP contribution < -0.4 is 0 Å². The summed E-state index contributed by atoms with van der Waals surface area (Å²) in [6, 6.07) is 5.26. The average Bonchev–Trinajstić information content (AvgIpc) is 2.84. The number of likely N-dealkylation sites (tertiary alicyclic amines) is 1. The van der Waals surface area contributed by atoms with Gasteiger partial charge in [-0.2, -0.15) is 0 Å². The molecule has 1 N–H and O–H groups in total. The van der Waals surface area contributed by atoms with Gasteiger partial charge in [-0.15, -0.1) is 0 Å². The fraction of sp³-hybridized carbons (Fsp3) is 0.500. The maximum atomic E-state index is 11.4. The third-order valence-corrected chi connectivity index (χ3v) is 4.07. The topological polar surface area (TPSA) is 40.5 Å². The smallest absolute Gasteiger partial charge is 0.321 e. The number of carbonyl (C=O) groups is 1. The fourth-order valence-electron chi connectivity index (χ4n) is 2.51. The van der Waals surface area contributed by atoms with Crippen molar-refractivity contribution in [2.24, 2.45) is 0 Å². The van der Waals surface area contributed by atoms with Crippen LogP contribution in [0, 0.1) is 6.92 Å². The summed E-state index contributed by atoms with van der Waals surface area (Å²) in [5, 5.41) is 10.1. The molecule has 4 heteroatoms. The van der Waals surface area contributed by atoms with Crippen molar-refractivity contribution in [3.05, 3.63) is 34.3 Å². The zero-order chi connectivity index (χ0) is 13.1. The summed E-state index contributed by atoms with van der Waals surface area (Å²) < 4.78 is 0. The van der Waals surface area contributed by atoms with Crippen molar-refractivity contribution >= 4 is 17.6 Å². The number of carboxylic acid groups (broad SMARTS) is 1. The summed E-state index contributed by atoms with van der Waals surface area (Å²) >= 11 is 6.08. The van der Waals surface area contributed by atoms with E-state index in [9.17, 15) is 9.90 Å². The van der Waals surface area contributed by atoms with Crippen molar-refractivity contribution in [1.29, 1.82) is 0 Å². The van der Waals surface area contributed by atoms with Gasteiger partial charge >= 0.3 is 5.97 Å². The maximum absolute atomic E-state index is 11.4. The largest absolute Gasteiger partial charge is 0.480 e. The second kappa shape index (κ2) is 5.72. The second-order valence-corrected chi connectivity index (χ2v) is 5.23. The standard InChI is InChI=1S/C14H18ClNO2/c1-10-11(5-4-6-12(10)15)9-13(14(17)18)16-7-2-3-8-16/h4-6,13H,2-3,7-9H2,1H3,(H,17,18). The van der Waals surface area contributed by atoms with Crippen LogP contribution in [-0.2, 0) is 11.2 Å². The number of benzene rings is 1. The molecule has 0 amide bonds. The van der Waals surface area contributed by atoms with Gasteiger partial charge in [0.25, 0.3) is 0 Å². The van der Waals surface area contributed by atoms with E-state index in [2.05, 4.69) is 4.90 Å². The molecule has 0 spiro atoms. The molecule has 1 heterocycles. The van der Waals surface area contributed by atoms with Crippen molar-refractivity contribution < 1.29 is 9.90 Å². The fourth-order valence-corrected chi connectivity index (χ4v) is 2.70. The van der Waals surface area contributed by atoms with Gasteiger partial charge in [0.2, 0.25) is 0 Å². The minimum atomic E-state index is -0.740. The first kappa shape index (κ1) is 13.4. The molecule has 1 fully saturated rings. The molecule has 1 unspecified atom stereocenters. The van der Waals surface area contributed by atoms with Crippen LogP contribution in [0.5, 0.6) is 0 Å². The predicted octanol–water partition coefficient (Wildman–Crippen LogP) is 2.74. The van der Waals surface area contributed by atoms with Gasteiger partial charge in [-0.05, 0) is 56.5 Å². The third kappa shape index (κ3) is 2.85. The highest BCUT2D eigenvalue weighted by Gasteiger charge is 2.28. The summed E-state index contributed by atoms with van der Waals surface area (Å²) in [4.78, 5) is 13.5. The highest BCUT2D eigenvalue weighted by atomic mass is 35.5. The molecule has 98 valence electrons. The molecule has 1 aromatic carbocycles. The first-order valence-electron chi connectivity index (χ1n) is 6.30. The van der Waals surface area contributed by atoms with Gasteiger partial charge in [0, 0.05) is 5.02 Å². The molecule has 1 saturated heterocycles. The van der Waals surface area contributed by atoms with Crippen molar-refractivity contribution in [1.82, 2.24) is 4.90 Å². The Bertz CT molecular complexity index is 441. The lowest BCUT2D eigenvalue weighted by Crippen LogP contribution is -2.41. The first-order valence-corrected chi connectivity index (χ1v) is 6.68. The zero-order valence-corrected chi connectivity index (χ0v) is 11.3. The quantitative estimate of drug-likeness (QED) is 0.912. The summed E-state index contributed by atoms with van der Waals surface area (Å²) in [7, 11) is 0. The number of nitrogens with zero attached hydrogens (tertiary/aromatic N) is 1. The predicted molar refractivity (Wildman–Crippen MR) is 72.1 cm³/mol. The van der Waals surface area contributed by atoms with E-state index in [1.807, 2.05) is 25.1 Å². The highest BCUT2D eigenvalue weighted by molar-refractivity contribution is 6.31. The molecule has 0 radical (unpaired) electrons. The van der Waals surface area contributed by atoms with E-state index >= 15 is 0 Å². The summed E-state index contributed by atoms with van der Waals surface area (Å²) in [5.74, 6) is -0.740. The molecule has 18 heavy (non-hydrogen) atoms. The molecule has 0 saturated carbocycles. The van der Waals surface area contributed by atoms with Crippen LogP contribution in [0.4, 0.5) is 0 Å². The van der Waals surface area contributed by atoms with Crippen molar-refractivity contribution in [3.63, 3.8) is 0 Å². The molecular weight excluding hydrogens is 250 g/mol. The second-order valence-electron chi connectivity index (χ2n) is 4.83. The van der Waals surface area contributed by atoms with Crippen molar-refractivity contribution in [3.8, 4) is 0 Å². The Balaban J connectivity index is 2.18. The summed E-state index contributed by atoms with van der Waals surface area (Å²) in [6.07, 6.45) is 2.72. The van der Waals surface area contributed by atoms with Gasteiger partial charge in [-0.25, -0.2) is 0 Å². The number of hydrogen-bond acceptors (Lipinski definition) is 2. The third-order valence-electron chi connectivity index (χ3n) is 3.66. The molecule has 1 aromatic rings. The minimum Gasteiger partial charge on any atom is -0.480 e. The van der Waals surface area contributed by atoms with Crippen LogP contribution in [0.2, 0.25) is 5.02 Å². The maximum Gasteiger partial charge on any atom is 0.321 e. The Morgan fingerprint density at radius 2 is 2.11 bits per heavy atom. The SMILES string of the molecule is Cc1c(Cl)cccc1CC(C(=O)O)N1CCCC1. The highest BCUT2D eigenvalue weighted by Crippen LogP contribution is 2.22. The van der Waals surface area contributed by atoms with Crippen molar-refractivity contribution in [2.45, 2.75) is 32.2 Å². The number of halogens is 1. The minimum absolute atomic E-state index is 0.426. The van der Waals surface area contributed by atoms with Crippen LogP contribution >= 0.6 is 11.6 Å². The van der Waals surface area contributed by atoms with E-state index in [1.54, 1.807) is 0 Å². The van der Waals surface area contributed by atoms with Gasteiger partial charge in [-0.1, -0.05) is 23.7 Å². The Kier molecular flexibility index (Phi) is 4.25. The van der Waals surface area contributed by atoms with E-state index in [1.165, 1.54) is 0 Å². The summed E-state index contributed by atoms with van der Waals surface area (Å²) in [6.45, 7) is 3.72. The first-order chi connectivity index (χ1) is 8.59. The zero-order valence-electron chi connectivity index (χ0n) is 10.5. The lowest BCUT2D eigenvalue weighted by atomic mass is 10.0. The van der Waals surface area contributed by atoms with Gasteiger partial charge in [0.15, 0.2) is 0 Å². The van der Waals surface area contributed by atoms with E-state index in [0.29, 0.717) is 11.4 Å². The monoisotopic (exact) mass is 267 g/mol. The van der Waals surface area contributed by atoms with Crippen LogP contribution in [-0.4, -0.2) is 35.1 Å². The molecule has 0 aromatic heterocycles. The molecule has 1 aliphatic rings. The van der Waals surface area contributed by atoms with Gasteiger partial charge in [0.1, 0.15) is 6.04 Å². The summed E-state index contributed by atoms with van der Waals surface area (Å²) in [5.41, 5.74) is 2.02. The normalized spacial score (nSPS) is 17.9. The Morgan fingerprint density at radius 3 is 2.72 bits per heavy atom. The molecule has 0 bridgehead atoms. The van der Waals surface area contributed by atoms with Crippen LogP contribution in [0.1, 0.15) is 24.0 Å². The molecular formula is C14H18ClNO2. The number of rotatable bonds is 4. The van der Waals surface area contributed by atoms with E-state index in [4.69, 9.17) is 11.6 Å². The van der Waals surface area contributed by atoms with Crippen LogP contribution in [0.25, 0.3) is 0 Å². The lowest BCUT2D eigenvalue weighted by molar-refractivity contribution is -0.142. The number of carboxylic acids is 1. The Labute approximate surface area is 112 Å². The van der Waals surface area contributed by atoms with Crippen molar-refractivity contribution in [2.75, 3.05) is 13.1 Å². The average molecular weight is 268 g/mol. The Hall–Kier alpha value is -1.06. The van der Waals surface area contributed by atoms with E-state index in [-0.39, 0.29) is 0 Å². The van der Waals surface area contributed by atoms with Crippen LogP contribution in [0.15, 0.2) is 18.2 Å². The van der Waals surface area contributed by atoms with Gasteiger partial charge in [0.05, 0.1) is 0 Å². The molecule has 2 rings (SSSR count). The van der Waals surface area contributed by atoms with Gasteiger partial charge < -0.3 is 5.11 Å². The van der Waals surface area contributed by atoms with E-state index < -0.39 is 12.0 Å². The molecule has 0 aliphatic carbocycles. The molecule has 1 aliphatic heterocycles. The van der Waals surface area contributed by atoms with E-state index in [0.717, 1.165) is 37.1 Å². The molecule has 1 atom stereocenters. The lowest BCUT2D eigenvalue weighted by Gasteiger charge is -2.24. The van der Waals surface area contributed by atoms with Gasteiger partial charge in [-0.3, -0.25) is 9.69 Å². The molecule has 3 nitrogen and oxygen atoms in total. The Morgan fingerprint density at radius 1 is 1.44 bits per heavy atom. The van der Waals surface area contributed by atoms with Crippen LogP contribution in [0.3, 0.4) is 0 Å².